The van der Waals surface area contributed by atoms with E-state index >= 15 is 0 Å². The van der Waals surface area contributed by atoms with E-state index in [2.05, 4.69) is 36.5 Å². The van der Waals surface area contributed by atoms with Crippen molar-refractivity contribution in [3.8, 4) is 0 Å². The van der Waals surface area contributed by atoms with Gasteiger partial charge in [0.2, 0.25) is 0 Å². The number of nitrogens with zero attached hydrogens (tertiary/aromatic N) is 2. The lowest BCUT2D eigenvalue weighted by molar-refractivity contribution is 0.798. The molecule has 0 saturated heterocycles. The molecule has 0 aliphatic carbocycles. The van der Waals surface area contributed by atoms with Crippen molar-refractivity contribution in [2.24, 2.45) is 0 Å². The van der Waals surface area contributed by atoms with E-state index in [9.17, 15) is 0 Å². The van der Waals surface area contributed by atoms with E-state index in [4.69, 9.17) is 11.6 Å². The van der Waals surface area contributed by atoms with E-state index in [1.54, 1.807) is 0 Å². The fraction of sp³-hybridized carbons (Fsp3) is 0.333. The standard InChI is InChI=1S/C12H15ClN2/c1-4-9-7-10(13)12-11(8-9)14(2)5-6-15(12)3/h4,7-8H,1,5-6H2,2-3H3. The quantitative estimate of drug-likeness (QED) is 0.721. The van der Waals surface area contributed by atoms with Gasteiger partial charge in [-0.25, -0.2) is 0 Å². The van der Waals surface area contributed by atoms with Gasteiger partial charge in [-0.15, -0.1) is 0 Å². The lowest BCUT2D eigenvalue weighted by Crippen LogP contribution is -2.37. The zero-order valence-corrected chi connectivity index (χ0v) is 9.88. The summed E-state index contributed by atoms with van der Waals surface area (Å²) in [5, 5.41) is 0.802. The summed E-state index contributed by atoms with van der Waals surface area (Å²) >= 11 is 6.27. The third-order valence-corrected chi connectivity index (χ3v) is 3.15. The fourth-order valence-corrected chi connectivity index (χ4v) is 2.29. The first kappa shape index (κ1) is 10.4. The van der Waals surface area contributed by atoms with Gasteiger partial charge in [-0.3, -0.25) is 0 Å². The highest BCUT2D eigenvalue weighted by Gasteiger charge is 2.20. The molecule has 15 heavy (non-hydrogen) atoms. The Morgan fingerprint density at radius 2 is 1.93 bits per heavy atom. The predicted octanol–water partition coefficient (Wildman–Crippen LogP) is 2.87. The van der Waals surface area contributed by atoms with Crippen LogP contribution in [0.3, 0.4) is 0 Å². The Balaban J connectivity index is 2.61. The van der Waals surface area contributed by atoms with Crippen LogP contribution in [0, 0.1) is 0 Å². The molecule has 1 aromatic rings. The van der Waals surface area contributed by atoms with Gasteiger partial charge in [0.05, 0.1) is 16.4 Å². The molecule has 0 atom stereocenters. The third-order valence-electron chi connectivity index (χ3n) is 2.87. The second-order valence-corrected chi connectivity index (χ2v) is 4.32. The smallest absolute Gasteiger partial charge is 0.0791 e. The maximum Gasteiger partial charge on any atom is 0.0791 e. The van der Waals surface area contributed by atoms with Gasteiger partial charge < -0.3 is 9.80 Å². The van der Waals surface area contributed by atoms with E-state index in [0.29, 0.717) is 0 Å². The summed E-state index contributed by atoms with van der Waals surface area (Å²) in [7, 11) is 4.17. The summed E-state index contributed by atoms with van der Waals surface area (Å²) in [6.45, 7) is 5.81. The first-order valence-electron chi connectivity index (χ1n) is 5.01. The lowest BCUT2D eigenvalue weighted by Gasteiger charge is -2.35. The average Bonchev–Trinajstić information content (AvgIpc) is 2.23. The number of anilines is 2. The van der Waals surface area contributed by atoms with Crippen molar-refractivity contribution in [3.05, 3.63) is 29.3 Å². The molecule has 1 aliphatic rings. The van der Waals surface area contributed by atoms with Crippen LogP contribution in [0.4, 0.5) is 11.4 Å². The Kier molecular flexibility index (Phi) is 2.61. The summed E-state index contributed by atoms with van der Waals surface area (Å²) in [6, 6.07) is 4.09. The van der Waals surface area contributed by atoms with Gasteiger partial charge in [0, 0.05) is 27.2 Å². The molecule has 1 heterocycles. The fourth-order valence-electron chi connectivity index (χ4n) is 1.92. The topological polar surface area (TPSA) is 6.48 Å². The van der Waals surface area contributed by atoms with Gasteiger partial charge in [-0.1, -0.05) is 24.3 Å². The number of rotatable bonds is 1. The maximum atomic E-state index is 6.27. The summed E-state index contributed by atoms with van der Waals surface area (Å²) in [5.74, 6) is 0. The second-order valence-electron chi connectivity index (χ2n) is 3.92. The number of hydrogen-bond acceptors (Lipinski definition) is 2. The van der Waals surface area contributed by atoms with Gasteiger partial charge in [-0.2, -0.15) is 0 Å². The molecular weight excluding hydrogens is 208 g/mol. The number of fused-ring (bicyclic) bond motifs is 1. The van der Waals surface area contributed by atoms with Crippen LogP contribution in [0.5, 0.6) is 0 Å². The van der Waals surface area contributed by atoms with Crippen LogP contribution in [0.2, 0.25) is 5.02 Å². The van der Waals surface area contributed by atoms with Crippen LogP contribution in [0.1, 0.15) is 5.56 Å². The zero-order valence-electron chi connectivity index (χ0n) is 9.13. The Morgan fingerprint density at radius 3 is 2.60 bits per heavy atom. The number of halogens is 1. The molecule has 0 amide bonds. The van der Waals surface area contributed by atoms with E-state index in [1.165, 1.54) is 5.69 Å². The number of hydrogen-bond donors (Lipinski definition) is 0. The van der Waals surface area contributed by atoms with Crippen molar-refractivity contribution >= 4 is 29.1 Å². The Labute approximate surface area is 95.7 Å². The van der Waals surface area contributed by atoms with Crippen LogP contribution in [-0.4, -0.2) is 27.2 Å². The largest absolute Gasteiger partial charge is 0.371 e. The Morgan fingerprint density at radius 1 is 1.27 bits per heavy atom. The molecule has 2 nitrogen and oxygen atoms in total. The van der Waals surface area contributed by atoms with Crippen LogP contribution >= 0.6 is 11.6 Å². The van der Waals surface area contributed by atoms with Crippen LogP contribution in [-0.2, 0) is 0 Å². The van der Waals surface area contributed by atoms with Crippen LogP contribution in [0.25, 0.3) is 6.08 Å². The van der Waals surface area contributed by atoms with Gasteiger partial charge in [0.1, 0.15) is 0 Å². The first-order valence-corrected chi connectivity index (χ1v) is 5.39. The molecule has 0 unspecified atom stereocenters. The molecule has 0 saturated carbocycles. The molecule has 3 heteroatoms. The minimum absolute atomic E-state index is 0.802. The molecule has 80 valence electrons. The van der Waals surface area contributed by atoms with Crippen molar-refractivity contribution in [2.45, 2.75) is 0 Å². The van der Waals surface area contributed by atoms with Crippen LogP contribution < -0.4 is 9.80 Å². The monoisotopic (exact) mass is 222 g/mol. The van der Waals surface area contributed by atoms with Crippen molar-refractivity contribution in [3.63, 3.8) is 0 Å². The van der Waals surface area contributed by atoms with E-state index in [0.717, 1.165) is 29.4 Å². The molecule has 0 spiro atoms. The van der Waals surface area contributed by atoms with E-state index in [-0.39, 0.29) is 0 Å². The normalized spacial score (nSPS) is 15.1. The molecule has 0 aromatic heterocycles. The van der Waals surface area contributed by atoms with Gasteiger partial charge in [0.25, 0.3) is 0 Å². The third kappa shape index (κ3) is 1.70. The number of likely N-dealkylation sites (N-methyl/N-ethyl adjacent to an activating group) is 2. The van der Waals surface area contributed by atoms with Crippen molar-refractivity contribution < 1.29 is 0 Å². The minimum atomic E-state index is 0.802. The van der Waals surface area contributed by atoms with E-state index < -0.39 is 0 Å². The Hall–Kier alpha value is -1.15. The average molecular weight is 223 g/mol. The molecule has 1 aromatic carbocycles. The summed E-state index contributed by atoms with van der Waals surface area (Å²) < 4.78 is 0. The lowest BCUT2D eigenvalue weighted by atomic mass is 10.1. The molecular formula is C12H15ClN2. The highest BCUT2D eigenvalue weighted by Crippen LogP contribution is 2.39. The second kappa shape index (κ2) is 3.78. The first-order chi connectivity index (χ1) is 7.13. The molecule has 0 N–H and O–H groups in total. The molecule has 1 aliphatic heterocycles. The van der Waals surface area contributed by atoms with E-state index in [1.807, 2.05) is 12.1 Å². The summed E-state index contributed by atoms with van der Waals surface area (Å²) in [4.78, 5) is 4.43. The minimum Gasteiger partial charge on any atom is -0.371 e. The molecule has 2 rings (SSSR count). The molecule has 0 radical (unpaired) electrons. The highest BCUT2D eigenvalue weighted by molar-refractivity contribution is 6.34. The Bertz CT molecular complexity index is 401. The van der Waals surface area contributed by atoms with Crippen molar-refractivity contribution in [1.82, 2.24) is 0 Å². The molecule has 0 fully saturated rings. The van der Waals surface area contributed by atoms with Crippen molar-refractivity contribution in [2.75, 3.05) is 37.0 Å². The SMILES string of the molecule is C=Cc1cc(Cl)c2c(c1)N(C)CCN2C. The van der Waals surface area contributed by atoms with Gasteiger partial charge >= 0.3 is 0 Å². The predicted molar refractivity (Wildman–Crippen MR) is 68.1 cm³/mol. The van der Waals surface area contributed by atoms with Crippen molar-refractivity contribution in [1.29, 1.82) is 0 Å². The highest BCUT2D eigenvalue weighted by atomic mass is 35.5. The van der Waals surface area contributed by atoms with Gasteiger partial charge in [0.15, 0.2) is 0 Å². The molecule has 0 bridgehead atoms. The van der Waals surface area contributed by atoms with Gasteiger partial charge in [-0.05, 0) is 17.7 Å². The summed E-state index contributed by atoms with van der Waals surface area (Å²) in [6.07, 6.45) is 1.83. The number of benzene rings is 1. The van der Waals surface area contributed by atoms with Crippen LogP contribution in [0.15, 0.2) is 18.7 Å². The summed E-state index contributed by atoms with van der Waals surface area (Å²) in [5.41, 5.74) is 3.38. The maximum absolute atomic E-state index is 6.27. The zero-order chi connectivity index (χ0) is 11.0.